The molecule has 96 valence electrons. The van der Waals surface area contributed by atoms with Crippen molar-refractivity contribution in [1.29, 1.82) is 0 Å². The van der Waals surface area contributed by atoms with Crippen LogP contribution >= 0.6 is 0 Å². The molecule has 0 aliphatic heterocycles. The summed E-state index contributed by atoms with van der Waals surface area (Å²) in [6, 6.07) is 0. The van der Waals surface area contributed by atoms with E-state index < -0.39 is 0 Å². The highest BCUT2D eigenvalue weighted by Crippen LogP contribution is 2.01. The van der Waals surface area contributed by atoms with E-state index in [2.05, 4.69) is 10.3 Å². The van der Waals surface area contributed by atoms with Crippen molar-refractivity contribution in [1.82, 2.24) is 19.9 Å². The molecule has 1 aromatic heterocycles. The number of nitrogens with zero attached hydrogens (tertiary/aromatic N) is 4. The van der Waals surface area contributed by atoms with Gasteiger partial charge in [0, 0.05) is 26.7 Å². The number of nitrogens with two attached hydrogens (primary N) is 1. The topological polar surface area (TPSA) is 77.0 Å². The lowest BCUT2D eigenvalue weighted by Crippen LogP contribution is -2.22. The Labute approximate surface area is 102 Å². The zero-order valence-corrected chi connectivity index (χ0v) is 10.6. The van der Waals surface area contributed by atoms with Crippen molar-refractivity contribution in [2.24, 2.45) is 5.73 Å². The molecular weight excluding hydrogens is 218 g/mol. The highest BCUT2D eigenvalue weighted by molar-refractivity contribution is 5.75. The number of aryl methyl sites for hydroxylation is 2. The maximum atomic E-state index is 11.4. The van der Waals surface area contributed by atoms with Gasteiger partial charge in [-0.3, -0.25) is 9.48 Å². The largest absolute Gasteiger partial charge is 0.349 e. The quantitative estimate of drug-likeness (QED) is 0.681. The van der Waals surface area contributed by atoms with E-state index >= 15 is 0 Å². The standard InChI is InChI=1S/C11H21N5O/c1-15(2)11(17)6-8-16-9-10(13-14-16)5-3-4-7-12/h9H,3-8,12H2,1-2H3. The minimum Gasteiger partial charge on any atom is -0.349 e. The van der Waals surface area contributed by atoms with Crippen molar-refractivity contribution in [2.75, 3.05) is 20.6 Å². The summed E-state index contributed by atoms with van der Waals surface area (Å²) in [5.74, 6) is 0.102. The van der Waals surface area contributed by atoms with Crippen molar-refractivity contribution in [2.45, 2.75) is 32.2 Å². The lowest BCUT2D eigenvalue weighted by Gasteiger charge is -2.09. The Bertz CT molecular complexity index is 347. The second kappa shape index (κ2) is 7.01. The van der Waals surface area contributed by atoms with Gasteiger partial charge in [0.15, 0.2) is 0 Å². The van der Waals surface area contributed by atoms with Crippen LogP contribution in [0.25, 0.3) is 0 Å². The van der Waals surface area contributed by atoms with E-state index in [1.54, 1.807) is 23.7 Å². The number of hydrogen-bond donors (Lipinski definition) is 1. The second-order valence-corrected chi connectivity index (χ2v) is 4.26. The van der Waals surface area contributed by atoms with E-state index in [0.717, 1.165) is 25.0 Å². The van der Waals surface area contributed by atoms with Gasteiger partial charge in [0.25, 0.3) is 0 Å². The monoisotopic (exact) mass is 239 g/mol. The van der Waals surface area contributed by atoms with Crippen LogP contribution in [0.4, 0.5) is 0 Å². The van der Waals surface area contributed by atoms with Gasteiger partial charge in [0.2, 0.25) is 5.91 Å². The van der Waals surface area contributed by atoms with Crippen LogP contribution in [0.5, 0.6) is 0 Å². The van der Waals surface area contributed by atoms with Crippen LogP contribution < -0.4 is 5.73 Å². The van der Waals surface area contributed by atoms with E-state index in [1.807, 2.05) is 6.20 Å². The molecule has 0 saturated carbocycles. The molecule has 1 rings (SSSR count). The smallest absolute Gasteiger partial charge is 0.223 e. The molecule has 0 spiro atoms. The first kappa shape index (κ1) is 13.6. The molecule has 0 saturated heterocycles. The fourth-order valence-corrected chi connectivity index (χ4v) is 1.45. The Kier molecular flexibility index (Phi) is 5.62. The fourth-order valence-electron chi connectivity index (χ4n) is 1.45. The maximum absolute atomic E-state index is 11.4. The van der Waals surface area contributed by atoms with Crippen molar-refractivity contribution in [3.05, 3.63) is 11.9 Å². The minimum atomic E-state index is 0.102. The van der Waals surface area contributed by atoms with Gasteiger partial charge in [0.1, 0.15) is 0 Å². The molecule has 0 unspecified atom stereocenters. The first-order valence-corrected chi connectivity index (χ1v) is 5.92. The van der Waals surface area contributed by atoms with Gasteiger partial charge >= 0.3 is 0 Å². The average molecular weight is 239 g/mol. The highest BCUT2D eigenvalue weighted by atomic mass is 16.2. The highest BCUT2D eigenvalue weighted by Gasteiger charge is 2.05. The van der Waals surface area contributed by atoms with Crippen LogP contribution in [-0.4, -0.2) is 46.4 Å². The number of rotatable bonds is 7. The lowest BCUT2D eigenvalue weighted by atomic mass is 10.2. The van der Waals surface area contributed by atoms with Gasteiger partial charge in [-0.1, -0.05) is 5.21 Å². The molecule has 0 aliphatic rings. The summed E-state index contributed by atoms with van der Waals surface area (Å²) in [6.07, 6.45) is 5.30. The molecule has 1 aromatic rings. The van der Waals surface area contributed by atoms with E-state index in [1.165, 1.54) is 0 Å². The fraction of sp³-hybridized carbons (Fsp3) is 0.727. The maximum Gasteiger partial charge on any atom is 0.223 e. The summed E-state index contributed by atoms with van der Waals surface area (Å²) >= 11 is 0. The van der Waals surface area contributed by atoms with Crippen LogP contribution in [0, 0.1) is 0 Å². The molecule has 0 atom stereocenters. The SMILES string of the molecule is CN(C)C(=O)CCn1cc(CCCCN)nn1. The molecule has 0 fully saturated rings. The average Bonchev–Trinajstić information content (AvgIpc) is 2.74. The number of carbonyl (C=O) groups is 1. The third kappa shape index (κ3) is 4.95. The number of hydrogen-bond acceptors (Lipinski definition) is 4. The summed E-state index contributed by atoms with van der Waals surface area (Å²) in [5.41, 5.74) is 6.39. The zero-order valence-electron chi connectivity index (χ0n) is 10.6. The van der Waals surface area contributed by atoms with Crippen molar-refractivity contribution >= 4 is 5.91 Å². The Morgan fingerprint density at radius 2 is 2.24 bits per heavy atom. The summed E-state index contributed by atoms with van der Waals surface area (Å²) in [5, 5.41) is 8.05. The Balaban J connectivity index is 2.33. The number of amides is 1. The Morgan fingerprint density at radius 1 is 1.47 bits per heavy atom. The van der Waals surface area contributed by atoms with Crippen LogP contribution in [-0.2, 0) is 17.8 Å². The summed E-state index contributed by atoms with van der Waals surface area (Å²) in [6.45, 7) is 1.30. The van der Waals surface area contributed by atoms with Crippen LogP contribution in [0.1, 0.15) is 25.0 Å². The van der Waals surface area contributed by atoms with E-state index in [9.17, 15) is 4.79 Å². The number of carbonyl (C=O) groups excluding carboxylic acids is 1. The summed E-state index contributed by atoms with van der Waals surface area (Å²) in [7, 11) is 3.50. The molecule has 1 amide bonds. The van der Waals surface area contributed by atoms with Gasteiger partial charge in [-0.25, -0.2) is 0 Å². The molecule has 0 bridgehead atoms. The molecular formula is C11H21N5O. The predicted molar refractivity (Wildman–Crippen MR) is 65.3 cm³/mol. The number of unbranched alkanes of at least 4 members (excludes halogenated alkanes) is 1. The van der Waals surface area contributed by atoms with Gasteiger partial charge in [-0.05, 0) is 25.8 Å². The molecule has 17 heavy (non-hydrogen) atoms. The van der Waals surface area contributed by atoms with Crippen molar-refractivity contribution in [3.8, 4) is 0 Å². The van der Waals surface area contributed by atoms with E-state index in [0.29, 0.717) is 19.5 Å². The third-order valence-corrected chi connectivity index (χ3v) is 2.53. The van der Waals surface area contributed by atoms with E-state index in [-0.39, 0.29) is 5.91 Å². The van der Waals surface area contributed by atoms with Crippen molar-refractivity contribution in [3.63, 3.8) is 0 Å². The van der Waals surface area contributed by atoms with Gasteiger partial charge < -0.3 is 10.6 Å². The van der Waals surface area contributed by atoms with Crippen LogP contribution in [0.2, 0.25) is 0 Å². The first-order chi connectivity index (χ1) is 8.13. The molecule has 0 aliphatic carbocycles. The molecule has 6 nitrogen and oxygen atoms in total. The van der Waals surface area contributed by atoms with Crippen molar-refractivity contribution < 1.29 is 4.79 Å². The Hall–Kier alpha value is -1.43. The molecule has 2 N–H and O–H groups in total. The Morgan fingerprint density at radius 3 is 2.88 bits per heavy atom. The third-order valence-electron chi connectivity index (χ3n) is 2.53. The zero-order chi connectivity index (χ0) is 12.7. The normalized spacial score (nSPS) is 10.5. The predicted octanol–water partition coefficient (Wildman–Crippen LogP) is 0.0378. The molecule has 0 aromatic carbocycles. The molecule has 6 heteroatoms. The second-order valence-electron chi connectivity index (χ2n) is 4.26. The minimum absolute atomic E-state index is 0.102. The first-order valence-electron chi connectivity index (χ1n) is 5.92. The van der Waals surface area contributed by atoms with Gasteiger partial charge in [0.05, 0.1) is 12.2 Å². The van der Waals surface area contributed by atoms with Gasteiger partial charge in [-0.15, -0.1) is 5.10 Å². The summed E-state index contributed by atoms with van der Waals surface area (Å²) in [4.78, 5) is 13.0. The van der Waals surface area contributed by atoms with E-state index in [4.69, 9.17) is 5.73 Å². The number of aromatic nitrogens is 3. The lowest BCUT2D eigenvalue weighted by molar-refractivity contribution is -0.128. The summed E-state index contributed by atoms with van der Waals surface area (Å²) < 4.78 is 1.72. The molecule has 0 radical (unpaired) electrons. The van der Waals surface area contributed by atoms with Gasteiger partial charge in [-0.2, -0.15) is 0 Å². The molecule has 1 heterocycles. The van der Waals surface area contributed by atoms with Crippen LogP contribution in [0.3, 0.4) is 0 Å². The van der Waals surface area contributed by atoms with Crippen LogP contribution in [0.15, 0.2) is 6.20 Å².